The van der Waals surface area contributed by atoms with Crippen LogP contribution in [0.15, 0.2) is 76.8 Å². The van der Waals surface area contributed by atoms with Gasteiger partial charge in [0, 0.05) is 23.7 Å². The Morgan fingerprint density at radius 1 is 1.15 bits per heavy atom. The third kappa shape index (κ3) is 5.81. The molecule has 0 fully saturated rings. The Kier molecular flexibility index (Phi) is 7.60. The number of hydrogen-bond donors (Lipinski definition) is 0. The van der Waals surface area contributed by atoms with E-state index in [9.17, 15) is 17.6 Å². The van der Waals surface area contributed by atoms with Gasteiger partial charge in [-0.1, -0.05) is 17.4 Å². The van der Waals surface area contributed by atoms with E-state index in [0.29, 0.717) is 5.13 Å². The van der Waals surface area contributed by atoms with Crippen LogP contribution in [-0.2, 0) is 21.2 Å². The van der Waals surface area contributed by atoms with E-state index in [-0.39, 0.29) is 35.9 Å². The minimum atomic E-state index is -3.61. The number of thiazole rings is 1. The van der Waals surface area contributed by atoms with Crippen molar-refractivity contribution >= 4 is 54.2 Å². The zero-order valence-corrected chi connectivity index (χ0v) is 20.8. The summed E-state index contributed by atoms with van der Waals surface area (Å²) in [7, 11) is -3.61. The molecule has 0 spiro atoms. The van der Waals surface area contributed by atoms with Crippen LogP contribution in [0.5, 0.6) is 0 Å². The summed E-state index contributed by atoms with van der Waals surface area (Å²) in [6.45, 7) is 0.284. The fourth-order valence-electron chi connectivity index (χ4n) is 3.38. The highest BCUT2D eigenvalue weighted by Gasteiger charge is 2.22. The molecule has 0 radical (unpaired) electrons. The van der Waals surface area contributed by atoms with Crippen molar-refractivity contribution in [1.82, 2.24) is 9.97 Å². The zero-order valence-electron chi connectivity index (χ0n) is 18.3. The van der Waals surface area contributed by atoms with Crippen molar-refractivity contribution in [3.8, 4) is 0 Å². The van der Waals surface area contributed by atoms with Crippen LogP contribution in [0.1, 0.15) is 18.4 Å². The number of anilines is 1. The van der Waals surface area contributed by atoms with Gasteiger partial charge >= 0.3 is 0 Å². The van der Waals surface area contributed by atoms with E-state index in [1.54, 1.807) is 35.1 Å². The monoisotopic (exact) mass is 515 g/mol. The van der Waals surface area contributed by atoms with E-state index in [2.05, 4.69) is 9.97 Å². The predicted octanol–water partition coefficient (Wildman–Crippen LogP) is 5.34. The van der Waals surface area contributed by atoms with Crippen molar-refractivity contribution in [2.45, 2.75) is 29.2 Å². The van der Waals surface area contributed by atoms with E-state index >= 15 is 0 Å². The Labute approximate surface area is 205 Å². The predicted molar refractivity (Wildman–Crippen MR) is 135 cm³/mol. The lowest BCUT2D eigenvalue weighted by molar-refractivity contribution is -0.118. The van der Waals surface area contributed by atoms with Gasteiger partial charge in [-0.15, -0.1) is 11.8 Å². The lowest BCUT2D eigenvalue weighted by atomic mass is 10.2. The van der Waals surface area contributed by atoms with Crippen LogP contribution in [0.2, 0.25) is 0 Å². The van der Waals surface area contributed by atoms with Crippen molar-refractivity contribution in [3.63, 3.8) is 0 Å². The number of benzene rings is 2. The summed E-state index contributed by atoms with van der Waals surface area (Å²) in [6.07, 6.45) is 5.54. The second kappa shape index (κ2) is 10.6. The minimum absolute atomic E-state index is 0.0344. The first-order valence-corrected chi connectivity index (χ1v) is 14.2. The van der Waals surface area contributed by atoms with E-state index < -0.39 is 15.7 Å². The van der Waals surface area contributed by atoms with Crippen LogP contribution < -0.4 is 4.90 Å². The summed E-state index contributed by atoms with van der Waals surface area (Å²) < 4.78 is 39.2. The Morgan fingerprint density at radius 2 is 1.94 bits per heavy atom. The molecule has 4 rings (SSSR count). The second-order valence-electron chi connectivity index (χ2n) is 7.55. The zero-order chi connectivity index (χ0) is 24.1. The quantitative estimate of drug-likeness (QED) is 0.221. The smallest absolute Gasteiger partial charge is 0.229 e. The highest BCUT2D eigenvalue weighted by Crippen LogP contribution is 2.32. The van der Waals surface area contributed by atoms with Crippen molar-refractivity contribution in [2.75, 3.05) is 16.9 Å². The fraction of sp³-hybridized carbons (Fsp3) is 0.208. The molecule has 176 valence electrons. The van der Waals surface area contributed by atoms with Crippen molar-refractivity contribution in [2.24, 2.45) is 0 Å². The van der Waals surface area contributed by atoms with Crippen LogP contribution in [0.4, 0.5) is 9.52 Å². The van der Waals surface area contributed by atoms with Gasteiger partial charge in [0.1, 0.15) is 5.82 Å². The molecule has 2 aromatic heterocycles. The highest BCUT2D eigenvalue weighted by atomic mass is 32.2. The minimum Gasteiger partial charge on any atom is -0.284 e. The number of thioether (sulfide) groups is 1. The first-order valence-electron chi connectivity index (χ1n) is 10.5. The normalized spacial score (nSPS) is 11.6. The summed E-state index contributed by atoms with van der Waals surface area (Å²) in [5.74, 6) is -0.926. The van der Waals surface area contributed by atoms with E-state index in [1.165, 1.54) is 23.5 Å². The molecule has 4 aromatic rings. The summed E-state index contributed by atoms with van der Waals surface area (Å²) >= 11 is 3.06. The van der Waals surface area contributed by atoms with Gasteiger partial charge in [-0.25, -0.2) is 17.8 Å². The lowest BCUT2D eigenvalue weighted by Crippen LogP contribution is -2.30. The Hall–Kier alpha value is -2.82. The highest BCUT2D eigenvalue weighted by molar-refractivity contribution is 7.98. The number of hydrogen-bond acceptors (Lipinski definition) is 7. The molecule has 0 aliphatic heterocycles. The average Bonchev–Trinajstić information content (AvgIpc) is 3.26. The molecule has 0 aliphatic rings. The number of halogens is 1. The summed E-state index contributed by atoms with van der Waals surface area (Å²) in [5.41, 5.74) is 1.65. The molecule has 0 unspecified atom stereocenters. The molecule has 0 bridgehead atoms. The van der Waals surface area contributed by atoms with Gasteiger partial charge in [0.2, 0.25) is 5.91 Å². The number of rotatable bonds is 9. The molecule has 0 saturated carbocycles. The molecule has 0 atom stereocenters. The van der Waals surface area contributed by atoms with Crippen LogP contribution in [0.3, 0.4) is 0 Å². The molecule has 2 aromatic carbocycles. The SMILES string of the molecule is CSc1ccc2nc(N(Cc3cccnc3)C(=O)CCCS(=O)(=O)c3ccc(F)cc3)sc2c1. The largest absolute Gasteiger partial charge is 0.284 e. The first-order chi connectivity index (χ1) is 16.4. The van der Waals surface area contributed by atoms with Gasteiger partial charge in [-0.3, -0.25) is 14.7 Å². The molecule has 1 amide bonds. The second-order valence-corrected chi connectivity index (χ2v) is 11.5. The molecule has 10 heteroatoms. The van der Waals surface area contributed by atoms with Crippen LogP contribution >= 0.6 is 23.1 Å². The van der Waals surface area contributed by atoms with E-state index in [1.807, 2.05) is 30.5 Å². The van der Waals surface area contributed by atoms with Crippen LogP contribution in [-0.4, -0.2) is 36.3 Å². The number of amides is 1. The van der Waals surface area contributed by atoms with Gasteiger partial charge in [-0.05, 0) is 66.8 Å². The third-order valence-electron chi connectivity index (χ3n) is 5.16. The maximum absolute atomic E-state index is 13.2. The molecular formula is C24H22FN3O3S3. The molecular weight excluding hydrogens is 493 g/mol. The molecule has 0 aliphatic carbocycles. The number of aromatic nitrogens is 2. The van der Waals surface area contributed by atoms with Gasteiger partial charge in [0.15, 0.2) is 15.0 Å². The third-order valence-corrected chi connectivity index (χ3v) is 8.74. The molecule has 0 saturated heterocycles. The average molecular weight is 516 g/mol. The molecule has 0 N–H and O–H groups in total. The maximum Gasteiger partial charge on any atom is 0.229 e. The van der Waals surface area contributed by atoms with Gasteiger partial charge in [-0.2, -0.15) is 0 Å². The number of carbonyl (C=O) groups excluding carboxylic acids is 1. The Balaban J connectivity index is 1.53. The number of carbonyl (C=O) groups is 1. The summed E-state index contributed by atoms with van der Waals surface area (Å²) in [5, 5.41) is 0.559. The summed E-state index contributed by atoms with van der Waals surface area (Å²) in [6, 6.07) is 14.4. The molecule has 2 heterocycles. The van der Waals surface area contributed by atoms with E-state index in [4.69, 9.17) is 0 Å². The fourth-order valence-corrected chi connectivity index (χ4v) is 6.23. The molecule has 34 heavy (non-hydrogen) atoms. The first kappa shape index (κ1) is 24.3. The number of fused-ring (bicyclic) bond motifs is 1. The van der Waals surface area contributed by atoms with Crippen molar-refractivity contribution in [3.05, 3.63) is 78.4 Å². The van der Waals surface area contributed by atoms with Crippen LogP contribution in [0.25, 0.3) is 10.2 Å². The summed E-state index contributed by atoms with van der Waals surface area (Å²) in [4.78, 5) is 24.8. The number of sulfone groups is 1. The van der Waals surface area contributed by atoms with Crippen molar-refractivity contribution in [1.29, 1.82) is 0 Å². The topological polar surface area (TPSA) is 80.2 Å². The van der Waals surface area contributed by atoms with Gasteiger partial charge < -0.3 is 0 Å². The van der Waals surface area contributed by atoms with Gasteiger partial charge in [0.05, 0.1) is 27.4 Å². The number of pyridine rings is 1. The Bertz CT molecular complexity index is 1390. The molecule has 6 nitrogen and oxygen atoms in total. The van der Waals surface area contributed by atoms with Crippen molar-refractivity contribution < 1.29 is 17.6 Å². The maximum atomic E-state index is 13.2. The number of nitrogens with zero attached hydrogens (tertiary/aromatic N) is 3. The van der Waals surface area contributed by atoms with E-state index in [0.717, 1.165) is 32.8 Å². The lowest BCUT2D eigenvalue weighted by Gasteiger charge is -2.20. The Morgan fingerprint density at radius 3 is 2.65 bits per heavy atom. The standard InChI is InChI=1S/C24H22FN3O3S3/c1-32-19-8-11-21-22(14-19)33-24(27-21)28(16-17-4-2-12-26-15-17)23(29)5-3-13-34(30,31)20-9-6-18(25)7-10-20/h2,4,6-12,14-15H,3,5,13,16H2,1H3. The van der Waals surface area contributed by atoms with Gasteiger partial charge in [0.25, 0.3) is 0 Å². The van der Waals surface area contributed by atoms with Crippen LogP contribution in [0, 0.1) is 5.82 Å².